The first-order valence-electron chi connectivity index (χ1n) is 8.36. The molecule has 27 heavy (non-hydrogen) atoms. The molecule has 3 heterocycles. The number of nitrogen functional groups attached to an aromatic ring is 1. The van der Waals surface area contributed by atoms with Gasteiger partial charge >= 0.3 is 0 Å². The maximum absolute atomic E-state index is 12.9. The molecule has 0 bridgehead atoms. The molecule has 9 heteroatoms. The first kappa shape index (κ1) is 17.0. The summed E-state index contributed by atoms with van der Waals surface area (Å²) >= 11 is 0. The van der Waals surface area contributed by atoms with Gasteiger partial charge in [-0.15, -0.1) is 0 Å². The first-order chi connectivity index (χ1) is 13.0. The Morgan fingerprint density at radius 1 is 1.07 bits per heavy atom. The third kappa shape index (κ3) is 2.68. The Hall–Kier alpha value is -3.46. The number of ether oxygens (including phenoxy) is 1. The van der Waals surface area contributed by atoms with Crippen LogP contribution in [-0.4, -0.2) is 53.5 Å². The number of anilines is 1. The van der Waals surface area contributed by atoms with E-state index in [1.165, 1.54) is 0 Å². The van der Waals surface area contributed by atoms with Gasteiger partial charge in [0.2, 0.25) is 0 Å². The van der Waals surface area contributed by atoms with Crippen LogP contribution in [0.2, 0.25) is 0 Å². The van der Waals surface area contributed by atoms with Gasteiger partial charge in [0.1, 0.15) is 5.82 Å². The summed E-state index contributed by atoms with van der Waals surface area (Å²) in [5.41, 5.74) is 5.88. The highest BCUT2D eigenvalue weighted by Gasteiger charge is 2.32. The number of nitrogens with one attached hydrogen (secondary N) is 1. The van der Waals surface area contributed by atoms with Crippen LogP contribution in [-0.2, 0) is 4.74 Å². The lowest BCUT2D eigenvalue weighted by Gasteiger charge is -2.28. The minimum atomic E-state index is -0.668. The molecule has 138 valence electrons. The second-order valence-electron chi connectivity index (χ2n) is 6.20. The van der Waals surface area contributed by atoms with Crippen LogP contribution in [0.15, 0.2) is 35.1 Å². The highest BCUT2D eigenvalue weighted by Crippen LogP contribution is 2.25. The fourth-order valence-corrected chi connectivity index (χ4v) is 3.31. The van der Waals surface area contributed by atoms with Crippen LogP contribution in [0.4, 0.5) is 5.82 Å². The number of carbonyl (C=O) groups excluding carboxylic acids is 3. The van der Waals surface area contributed by atoms with E-state index in [0.717, 1.165) is 10.6 Å². The predicted octanol–water partition coefficient (Wildman–Crippen LogP) is -0.224. The zero-order valence-electron chi connectivity index (χ0n) is 14.2. The summed E-state index contributed by atoms with van der Waals surface area (Å²) in [6, 6.07) is 7.57. The molecule has 0 aliphatic carbocycles. The van der Waals surface area contributed by atoms with Crippen LogP contribution in [0.1, 0.15) is 31.1 Å². The summed E-state index contributed by atoms with van der Waals surface area (Å²) < 4.78 is 6.35. The van der Waals surface area contributed by atoms with Crippen molar-refractivity contribution in [1.29, 1.82) is 0 Å². The molecule has 3 N–H and O–H groups in total. The van der Waals surface area contributed by atoms with Crippen LogP contribution in [0.5, 0.6) is 0 Å². The van der Waals surface area contributed by atoms with Crippen molar-refractivity contribution in [2.45, 2.75) is 0 Å². The van der Waals surface area contributed by atoms with E-state index in [2.05, 4.69) is 5.32 Å². The van der Waals surface area contributed by atoms with Gasteiger partial charge in [0.05, 0.1) is 35.6 Å². The largest absolute Gasteiger partial charge is 0.384 e. The van der Waals surface area contributed by atoms with Gasteiger partial charge in [-0.25, -0.2) is 0 Å². The molecular formula is C18H16N4O5. The standard InChI is InChI=1S/C18H16N4O5/c19-15-14-11(16(24)20-17(14)25)9-13(23)22(15)12-4-2-1-3-10(12)18(26)21-5-7-27-8-6-21/h1-4,9H,5-8,19H2,(H,20,24,25). The Kier molecular flexibility index (Phi) is 4.00. The molecule has 9 nitrogen and oxygen atoms in total. The quantitative estimate of drug-likeness (QED) is 0.706. The van der Waals surface area contributed by atoms with Gasteiger partial charge in [-0.05, 0) is 12.1 Å². The minimum absolute atomic E-state index is 0.0595. The Morgan fingerprint density at radius 3 is 2.52 bits per heavy atom. The van der Waals surface area contributed by atoms with Crippen molar-refractivity contribution < 1.29 is 19.1 Å². The monoisotopic (exact) mass is 368 g/mol. The zero-order valence-corrected chi connectivity index (χ0v) is 14.2. The number of morpholine rings is 1. The Labute approximate surface area is 153 Å². The molecule has 4 rings (SSSR count). The van der Waals surface area contributed by atoms with E-state index in [1.54, 1.807) is 29.2 Å². The Balaban J connectivity index is 1.88. The molecule has 2 aliphatic rings. The number of hydrogen-bond acceptors (Lipinski definition) is 6. The minimum Gasteiger partial charge on any atom is -0.384 e. The molecule has 0 radical (unpaired) electrons. The Bertz CT molecular complexity index is 1040. The van der Waals surface area contributed by atoms with Gasteiger partial charge < -0.3 is 15.4 Å². The lowest BCUT2D eigenvalue weighted by atomic mass is 10.1. The van der Waals surface area contributed by atoms with Gasteiger partial charge in [-0.1, -0.05) is 12.1 Å². The zero-order chi connectivity index (χ0) is 19.1. The average molecular weight is 368 g/mol. The molecule has 0 spiro atoms. The van der Waals surface area contributed by atoms with Gasteiger partial charge in [0.25, 0.3) is 23.3 Å². The molecule has 0 unspecified atom stereocenters. The fourth-order valence-electron chi connectivity index (χ4n) is 3.31. The summed E-state index contributed by atoms with van der Waals surface area (Å²) in [4.78, 5) is 51.1. The molecule has 0 saturated carbocycles. The molecule has 2 aromatic rings. The fraction of sp³-hybridized carbons (Fsp3) is 0.222. The van der Waals surface area contributed by atoms with Crippen molar-refractivity contribution in [3.63, 3.8) is 0 Å². The number of nitrogens with two attached hydrogens (primary N) is 1. The predicted molar refractivity (Wildman–Crippen MR) is 95.0 cm³/mol. The summed E-state index contributed by atoms with van der Waals surface area (Å²) in [6.45, 7) is 1.77. The second kappa shape index (κ2) is 6.36. The molecule has 3 amide bonds. The number of hydrogen-bond donors (Lipinski definition) is 2. The van der Waals surface area contributed by atoms with Crippen molar-refractivity contribution in [2.75, 3.05) is 32.0 Å². The van der Waals surface area contributed by atoms with Crippen LogP contribution in [0.3, 0.4) is 0 Å². The molecule has 1 saturated heterocycles. The molecular weight excluding hydrogens is 352 g/mol. The summed E-state index contributed by atoms with van der Waals surface area (Å²) in [6.07, 6.45) is 0. The van der Waals surface area contributed by atoms with Crippen molar-refractivity contribution in [2.24, 2.45) is 0 Å². The van der Waals surface area contributed by atoms with Crippen LogP contribution in [0.25, 0.3) is 5.69 Å². The van der Waals surface area contributed by atoms with Gasteiger partial charge in [-0.2, -0.15) is 0 Å². The number of para-hydroxylation sites is 1. The number of benzene rings is 1. The average Bonchev–Trinajstić information content (AvgIpc) is 2.96. The normalized spacial score (nSPS) is 16.2. The van der Waals surface area contributed by atoms with Gasteiger partial charge in [0.15, 0.2) is 0 Å². The molecule has 1 aromatic carbocycles. The van der Waals surface area contributed by atoms with Crippen molar-refractivity contribution in [1.82, 2.24) is 14.8 Å². The highest BCUT2D eigenvalue weighted by atomic mass is 16.5. The number of pyridine rings is 1. The Morgan fingerprint density at radius 2 is 1.78 bits per heavy atom. The van der Waals surface area contributed by atoms with Gasteiger partial charge in [0, 0.05) is 19.2 Å². The molecule has 2 aliphatic heterocycles. The summed E-state index contributed by atoms with van der Waals surface area (Å²) in [5.74, 6) is -1.77. The lowest BCUT2D eigenvalue weighted by Crippen LogP contribution is -2.41. The van der Waals surface area contributed by atoms with E-state index < -0.39 is 17.4 Å². The van der Waals surface area contributed by atoms with E-state index in [9.17, 15) is 19.2 Å². The van der Waals surface area contributed by atoms with E-state index >= 15 is 0 Å². The van der Waals surface area contributed by atoms with Gasteiger partial charge in [-0.3, -0.25) is 29.1 Å². The van der Waals surface area contributed by atoms with E-state index in [1.807, 2.05) is 0 Å². The van der Waals surface area contributed by atoms with Crippen LogP contribution >= 0.6 is 0 Å². The van der Waals surface area contributed by atoms with Crippen molar-refractivity contribution in [3.8, 4) is 5.69 Å². The lowest BCUT2D eigenvalue weighted by molar-refractivity contribution is 0.0303. The molecule has 0 atom stereocenters. The maximum Gasteiger partial charge on any atom is 0.262 e. The topological polar surface area (TPSA) is 124 Å². The number of amides is 3. The van der Waals surface area contributed by atoms with Crippen LogP contribution < -0.4 is 16.6 Å². The molecule has 1 fully saturated rings. The van der Waals surface area contributed by atoms with Crippen molar-refractivity contribution >= 4 is 23.5 Å². The maximum atomic E-state index is 12.9. The first-order valence-corrected chi connectivity index (χ1v) is 8.36. The third-order valence-electron chi connectivity index (χ3n) is 4.63. The second-order valence-corrected chi connectivity index (χ2v) is 6.20. The van der Waals surface area contributed by atoms with Crippen LogP contribution in [0, 0.1) is 0 Å². The third-order valence-corrected chi connectivity index (χ3v) is 4.63. The summed E-state index contributed by atoms with van der Waals surface area (Å²) in [5, 5.41) is 2.12. The van der Waals surface area contributed by atoms with E-state index in [-0.39, 0.29) is 34.1 Å². The number of imide groups is 1. The number of aromatic nitrogens is 1. The van der Waals surface area contributed by atoms with E-state index in [4.69, 9.17) is 10.5 Å². The SMILES string of the molecule is Nc1c2c(cc(=O)n1-c1ccccc1C(=O)N1CCOCC1)C(=O)NC2=O. The molecule has 1 aromatic heterocycles. The number of nitrogens with zero attached hydrogens (tertiary/aromatic N) is 2. The smallest absolute Gasteiger partial charge is 0.262 e. The highest BCUT2D eigenvalue weighted by molar-refractivity contribution is 6.23. The van der Waals surface area contributed by atoms with E-state index in [0.29, 0.717) is 26.3 Å². The number of carbonyl (C=O) groups is 3. The van der Waals surface area contributed by atoms with Crippen molar-refractivity contribution in [3.05, 3.63) is 57.4 Å². The summed E-state index contributed by atoms with van der Waals surface area (Å²) in [7, 11) is 0. The number of rotatable bonds is 2. The number of fused-ring (bicyclic) bond motifs is 1.